The Bertz CT molecular complexity index is 1270. The monoisotopic (exact) mass is 485 g/mol. The van der Waals surface area contributed by atoms with Crippen molar-refractivity contribution < 1.29 is 14.6 Å². The minimum Gasteiger partial charge on any atom is -0.504 e. The number of benzene rings is 1. The van der Waals surface area contributed by atoms with Gasteiger partial charge in [0, 0.05) is 27.1 Å². The smallest absolute Gasteiger partial charge is 0.332 e. The molecule has 1 aromatic carbocycles. The van der Waals surface area contributed by atoms with Crippen molar-refractivity contribution in [2.45, 2.75) is 46.1 Å². The van der Waals surface area contributed by atoms with Gasteiger partial charge >= 0.3 is 5.69 Å². The van der Waals surface area contributed by atoms with Crippen molar-refractivity contribution >= 4 is 17.1 Å². The molecule has 190 valence electrons. The molecule has 0 aliphatic heterocycles. The number of hydrogen-bond donors (Lipinski definition) is 3. The summed E-state index contributed by atoms with van der Waals surface area (Å²) >= 11 is 0. The van der Waals surface area contributed by atoms with Gasteiger partial charge in [-0.15, -0.1) is 0 Å². The Hall–Kier alpha value is -3.82. The number of amides is 1. The molecule has 0 aliphatic rings. The lowest BCUT2D eigenvalue weighted by Gasteiger charge is -2.08. The van der Waals surface area contributed by atoms with Crippen molar-refractivity contribution in [3.63, 3.8) is 0 Å². The molecule has 0 aliphatic carbocycles. The number of aromatic nitrogens is 4. The van der Waals surface area contributed by atoms with Gasteiger partial charge in [-0.05, 0) is 42.9 Å². The molecule has 1 amide bonds. The molecule has 0 fully saturated rings. The summed E-state index contributed by atoms with van der Waals surface area (Å²) in [7, 11) is 4.51. The largest absolute Gasteiger partial charge is 0.504 e. The molecule has 0 spiro atoms. The van der Waals surface area contributed by atoms with Crippen LogP contribution in [0.5, 0.6) is 11.5 Å². The van der Waals surface area contributed by atoms with Gasteiger partial charge in [-0.3, -0.25) is 18.7 Å². The van der Waals surface area contributed by atoms with Crippen LogP contribution in [0.25, 0.3) is 11.2 Å². The van der Waals surface area contributed by atoms with Crippen molar-refractivity contribution in [2.24, 2.45) is 20.0 Å². The number of nitrogens with zero attached hydrogens (tertiary/aromatic N) is 3. The molecule has 0 unspecified atom stereocenters. The highest BCUT2D eigenvalue weighted by Crippen LogP contribution is 2.26. The minimum atomic E-state index is -0.371. The summed E-state index contributed by atoms with van der Waals surface area (Å²) in [5, 5.41) is 12.4. The summed E-state index contributed by atoms with van der Waals surface area (Å²) in [6, 6.07) is 5.07. The predicted octanol–water partition coefficient (Wildman–Crippen LogP) is 2.75. The molecule has 35 heavy (non-hydrogen) atoms. The fourth-order valence-corrected chi connectivity index (χ4v) is 3.31. The number of unbranched alkanes of at least 4 members (excludes halogenated alkanes) is 2. The van der Waals surface area contributed by atoms with Gasteiger partial charge in [-0.25, -0.2) is 9.78 Å². The molecule has 0 saturated heterocycles. The summed E-state index contributed by atoms with van der Waals surface area (Å²) in [5.41, 5.74) is 0.917. The molecule has 2 heterocycles. The van der Waals surface area contributed by atoms with Gasteiger partial charge in [-0.1, -0.05) is 32.1 Å². The number of nitrogens with one attached hydrogen (secondary N) is 2. The molecule has 0 atom stereocenters. The van der Waals surface area contributed by atoms with Crippen molar-refractivity contribution in [3.8, 4) is 11.5 Å². The zero-order valence-corrected chi connectivity index (χ0v) is 21.0. The van der Waals surface area contributed by atoms with Crippen LogP contribution < -0.4 is 21.3 Å². The number of aromatic amines is 1. The maximum absolute atomic E-state index is 11.8. The number of rotatable bonds is 9. The van der Waals surface area contributed by atoms with E-state index in [2.05, 4.69) is 41.3 Å². The third kappa shape index (κ3) is 7.87. The molecule has 3 rings (SSSR count). The zero-order valence-electron chi connectivity index (χ0n) is 21.0. The van der Waals surface area contributed by atoms with Gasteiger partial charge in [0.25, 0.3) is 5.56 Å². The highest BCUT2D eigenvalue weighted by atomic mass is 16.5. The lowest BCUT2D eigenvalue weighted by molar-refractivity contribution is -0.121. The van der Waals surface area contributed by atoms with Gasteiger partial charge in [0.2, 0.25) is 5.91 Å². The molecule has 10 heteroatoms. The highest BCUT2D eigenvalue weighted by molar-refractivity contribution is 5.75. The first-order chi connectivity index (χ1) is 16.6. The Morgan fingerprint density at radius 2 is 1.97 bits per heavy atom. The first kappa shape index (κ1) is 27.4. The van der Waals surface area contributed by atoms with Gasteiger partial charge in [0.05, 0.1) is 13.4 Å². The first-order valence-electron chi connectivity index (χ1n) is 11.5. The summed E-state index contributed by atoms with van der Waals surface area (Å²) < 4.78 is 7.41. The molecule has 10 nitrogen and oxygen atoms in total. The van der Waals surface area contributed by atoms with Crippen molar-refractivity contribution in [1.82, 2.24) is 24.4 Å². The average molecular weight is 486 g/mol. The second-order valence-electron chi connectivity index (χ2n) is 8.51. The Morgan fingerprint density at radius 1 is 1.23 bits per heavy atom. The van der Waals surface area contributed by atoms with E-state index < -0.39 is 0 Å². The number of fused-ring (bicyclic) bond motifs is 1. The van der Waals surface area contributed by atoms with Gasteiger partial charge in [0.1, 0.15) is 5.52 Å². The standard InChI is InChI=1S/C18H27NO3.C7H8N4O2/c1-14(2)8-6-4-5-7-9-18(21)19-13-15-10-11-16(20)17(12-15)22-3;1-10-5-4(8-3-9-5)6(12)11(2)7(10)13/h6,8,10-12,14,20H,4-5,7,9,13H2,1-3H3,(H,19,21);3H,1-2H3,(H,8,9)/b8-6+;. The molecule has 0 radical (unpaired) electrons. The Kier molecular flexibility index (Phi) is 10.3. The van der Waals surface area contributed by atoms with E-state index in [4.69, 9.17) is 4.74 Å². The van der Waals surface area contributed by atoms with Crippen LogP contribution in [-0.2, 0) is 25.4 Å². The molecule has 0 bridgehead atoms. The third-order valence-electron chi connectivity index (χ3n) is 5.31. The maximum Gasteiger partial charge on any atom is 0.332 e. The van der Waals surface area contributed by atoms with Crippen LogP contribution in [0.1, 0.15) is 45.1 Å². The third-order valence-corrected chi connectivity index (χ3v) is 5.31. The van der Waals surface area contributed by atoms with E-state index in [9.17, 15) is 19.5 Å². The van der Waals surface area contributed by atoms with Gasteiger partial charge < -0.3 is 20.1 Å². The fourth-order valence-electron chi connectivity index (χ4n) is 3.31. The number of phenolic OH excluding ortho intramolecular Hbond substituents is 1. The van der Waals surface area contributed by atoms with E-state index in [1.165, 1.54) is 25.1 Å². The van der Waals surface area contributed by atoms with Crippen LogP contribution in [0.4, 0.5) is 0 Å². The molecule has 3 aromatic rings. The lowest BCUT2D eigenvalue weighted by Crippen LogP contribution is -2.36. The van der Waals surface area contributed by atoms with E-state index in [1.807, 2.05) is 0 Å². The van der Waals surface area contributed by atoms with E-state index in [0.29, 0.717) is 35.8 Å². The summed E-state index contributed by atoms with van der Waals surface area (Å²) in [5.74, 6) is 1.17. The number of H-pyrrole nitrogens is 1. The van der Waals surface area contributed by atoms with Crippen LogP contribution in [0.3, 0.4) is 0 Å². The number of hydrogen-bond acceptors (Lipinski definition) is 6. The van der Waals surface area contributed by atoms with Crippen LogP contribution in [0.15, 0.2) is 46.3 Å². The molecule has 3 N–H and O–H groups in total. The Labute approximate surface area is 204 Å². The van der Waals surface area contributed by atoms with E-state index in [0.717, 1.165) is 29.4 Å². The van der Waals surface area contributed by atoms with E-state index >= 15 is 0 Å². The Balaban J connectivity index is 0.000000279. The van der Waals surface area contributed by atoms with Gasteiger partial charge in [0.15, 0.2) is 17.1 Å². The number of aromatic hydroxyl groups is 1. The number of allylic oxidation sites excluding steroid dienone is 2. The summed E-state index contributed by atoms with van der Waals surface area (Å²) in [6.07, 6.45) is 9.28. The summed E-state index contributed by atoms with van der Waals surface area (Å²) in [6.45, 7) is 4.76. The fraction of sp³-hybridized carbons (Fsp3) is 0.440. The second-order valence-corrected chi connectivity index (χ2v) is 8.51. The predicted molar refractivity (Wildman–Crippen MR) is 136 cm³/mol. The highest BCUT2D eigenvalue weighted by Gasteiger charge is 2.09. The molecule has 0 saturated carbocycles. The zero-order chi connectivity index (χ0) is 26.0. The number of aryl methyl sites for hydroxylation is 1. The number of carbonyl (C=O) groups is 1. The van der Waals surface area contributed by atoms with Crippen LogP contribution in [0, 0.1) is 5.92 Å². The van der Waals surface area contributed by atoms with Crippen LogP contribution >= 0.6 is 0 Å². The number of carbonyl (C=O) groups excluding carboxylic acids is 1. The SMILES string of the molecule is COc1cc(CNC(=O)CCCC/C=C/C(C)C)ccc1O.Cn1c(=O)c2[nH]cnc2n(C)c1=O. The van der Waals surface area contributed by atoms with Crippen LogP contribution in [0.2, 0.25) is 0 Å². The van der Waals surface area contributed by atoms with Crippen molar-refractivity contribution in [2.75, 3.05) is 7.11 Å². The first-order valence-corrected chi connectivity index (χ1v) is 11.5. The quantitative estimate of drug-likeness (QED) is 0.315. The average Bonchev–Trinajstić information content (AvgIpc) is 3.33. The normalized spacial score (nSPS) is 11.0. The topological polar surface area (TPSA) is 131 Å². The van der Waals surface area contributed by atoms with Gasteiger partial charge in [-0.2, -0.15) is 0 Å². The molecule has 2 aromatic heterocycles. The number of phenols is 1. The van der Waals surface area contributed by atoms with E-state index in [-0.39, 0.29) is 22.9 Å². The lowest BCUT2D eigenvalue weighted by atomic mass is 10.1. The number of imidazole rings is 1. The minimum absolute atomic E-state index is 0.0554. The van der Waals surface area contributed by atoms with Crippen molar-refractivity contribution in [1.29, 1.82) is 0 Å². The Morgan fingerprint density at radius 3 is 2.66 bits per heavy atom. The molecular weight excluding hydrogens is 450 g/mol. The van der Waals surface area contributed by atoms with Crippen LogP contribution in [-0.4, -0.2) is 37.2 Å². The maximum atomic E-state index is 11.8. The molecular formula is C25H35N5O5. The number of methoxy groups -OCH3 is 1. The number of ether oxygens (including phenoxy) is 1. The van der Waals surface area contributed by atoms with Crippen molar-refractivity contribution in [3.05, 3.63) is 63.1 Å². The summed E-state index contributed by atoms with van der Waals surface area (Å²) in [4.78, 5) is 41.2. The second kappa shape index (κ2) is 13.2. The van der Waals surface area contributed by atoms with E-state index in [1.54, 1.807) is 25.2 Å².